The van der Waals surface area contributed by atoms with Gasteiger partial charge in [-0.05, 0) is 24.6 Å². The van der Waals surface area contributed by atoms with Gasteiger partial charge in [-0.1, -0.05) is 18.2 Å². The maximum absolute atomic E-state index is 11.7. The molecule has 0 bridgehead atoms. The second-order valence-electron chi connectivity index (χ2n) is 4.57. The van der Waals surface area contributed by atoms with Crippen molar-refractivity contribution in [3.63, 3.8) is 0 Å². The van der Waals surface area contributed by atoms with Crippen LogP contribution < -0.4 is 14.8 Å². The van der Waals surface area contributed by atoms with Gasteiger partial charge in [0.1, 0.15) is 0 Å². The molecule has 1 rings (SSSR count). The molecule has 1 unspecified atom stereocenters. The summed E-state index contributed by atoms with van der Waals surface area (Å²) >= 11 is 0. The Morgan fingerprint density at radius 3 is 2.61 bits per heavy atom. The van der Waals surface area contributed by atoms with Crippen LogP contribution in [-0.2, 0) is 14.3 Å². The fourth-order valence-electron chi connectivity index (χ4n) is 1.77. The van der Waals surface area contributed by atoms with Crippen LogP contribution in [0.1, 0.15) is 12.5 Å². The van der Waals surface area contributed by atoms with Gasteiger partial charge in [0.2, 0.25) is 0 Å². The van der Waals surface area contributed by atoms with Gasteiger partial charge in [-0.25, -0.2) is 4.79 Å². The first kappa shape index (κ1) is 18.5. The first-order valence-electron chi connectivity index (χ1n) is 6.97. The molecule has 1 aromatic carbocycles. The molecular weight excluding hydrogens is 302 g/mol. The van der Waals surface area contributed by atoms with Gasteiger partial charge in [0.05, 0.1) is 13.7 Å². The van der Waals surface area contributed by atoms with E-state index in [4.69, 9.17) is 19.3 Å². The van der Waals surface area contributed by atoms with Crippen LogP contribution in [-0.4, -0.2) is 50.5 Å². The number of carbonyl (C=O) groups excluding carboxylic acids is 1. The largest absolute Gasteiger partial charge is 0.493 e. The molecule has 7 heteroatoms. The van der Waals surface area contributed by atoms with E-state index in [1.807, 2.05) is 25.1 Å². The van der Waals surface area contributed by atoms with Crippen molar-refractivity contribution >= 4 is 18.0 Å². The fraction of sp³-hybridized carbons (Fsp3) is 0.375. The molecule has 1 amide bonds. The van der Waals surface area contributed by atoms with E-state index in [1.54, 1.807) is 12.1 Å². The smallest absolute Gasteiger partial charge is 0.334 e. The van der Waals surface area contributed by atoms with Crippen LogP contribution in [0.4, 0.5) is 0 Å². The number of rotatable bonds is 9. The van der Waals surface area contributed by atoms with Gasteiger partial charge in [0, 0.05) is 7.11 Å². The van der Waals surface area contributed by atoms with Crippen molar-refractivity contribution in [3.8, 4) is 11.5 Å². The van der Waals surface area contributed by atoms with E-state index in [9.17, 15) is 9.59 Å². The maximum Gasteiger partial charge on any atom is 0.334 e. The molecule has 0 aromatic heterocycles. The van der Waals surface area contributed by atoms with E-state index in [-0.39, 0.29) is 13.2 Å². The molecule has 0 saturated heterocycles. The van der Waals surface area contributed by atoms with E-state index in [0.717, 1.165) is 5.56 Å². The number of aliphatic carboxylic acids is 1. The molecule has 23 heavy (non-hydrogen) atoms. The lowest BCUT2D eigenvalue weighted by atomic mass is 10.2. The number of hydrogen-bond acceptors (Lipinski definition) is 5. The number of ether oxygens (including phenoxy) is 3. The van der Waals surface area contributed by atoms with Crippen molar-refractivity contribution in [1.29, 1.82) is 0 Å². The van der Waals surface area contributed by atoms with Crippen LogP contribution in [0.15, 0.2) is 24.3 Å². The second kappa shape index (κ2) is 9.47. The van der Waals surface area contributed by atoms with Gasteiger partial charge in [-0.15, -0.1) is 0 Å². The Bertz CT molecular complexity index is 570. The van der Waals surface area contributed by atoms with Crippen LogP contribution in [0, 0.1) is 0 Å². The Kier molecular flexibility index (Phi) is 7.62. The zero-order chi connectivity index (χ0) is 17.2. The third kappa shape index (κ3) is 5.99. The van der Waals surface area contributed by atoms with Crippen molar-refractivity contribution in [2.24, 2.45) is 0 Å². The Balaban J connectivity index is 2.57. The summed E-state index contributed by atoms with van der Waals surface area (Å²) in [6, 6.07) is 5.33. The van der Waals surface area contributed by atoms with Crippen molar-refractivity contribution in [3.05, 3.63) is 29.8 Å². The molecular formula is C16H21NO6. The highest BCUT2D eigenvalue weighted by Gasteiger charge is 2.17. The Hall–Kier alpha value is -2.54. The van der Waals surface area contributed by atoms with E-state index in [1.165, 1.54) is 14.2 Å². The molecule has 1 aromatic rings. The number of carboxylic acid groups (broad SMARTS) is 1. The summed E-state index contributed by atoms with van der Waals surface area (Å²) in [5, 5.41) is 11.2. The summed E-state index contributed by atoms with van der Waals surface area (Å²) in [5.41, 5.74) is 0.950. The van der Waals surface area contributed by atoms with Gasteiger partial charge in [-0.2, -0.15) is 0 Å². The molecule has 0 aliphatic carbocycles. The highest BCUT2D eigenvalue weighted by atomic mass is 16.5. The Morgan fingerprint density at radius 1 is 1.30 bits per heavy atom. The predicted molar refractivity (Wildman–Crippen MR) is 84.6 cm³/mol. The van der Waals surface area contributed by atoms with Crippen molar-refractivity contribution < 1.29 is 28.9 Å². The molecule has 0 heterocycles. The average Bonchev–Trinajstić information content (AvgIpc) is 2.54. The zero-order valence-corrected chi connectivity index (χ0v) is 13.4. The zero-order valence-electron chi connectivity index (χ0n) is 13.4. The van der Waals surface area contributed by atoms with E-state index >= 15 is 0 Å². The third-order valence-corrected chi connectivity index (χ3v) is 2.95. The number of methoxy groups -OCH3 is 2. The molecule has 2 N–H and O–H groups in total. The van der Waals surface area contributed by atoms with E-state index in [0.29, 0.717) is 11.5 Å². The van der Waals surface area contributed by atoms with Crippen LogP contribution in [0.5, 0.6) is 11.5 Å². The number of benzene rings is 1. The molecule has 0 aliphatic heterocycles. The summed E-state index contributed by atoms with van der Waals surface area (Å²) < 4.78 is 15.3. The van der Waals surface area contributed by atoms with Gasteiger partial charge >= 0.3 is 5.97 Å². The maximum atomic E-state index is 11.7. The lowest BCUT2D eigenvalue weighted by Crippen LogP contribution is -2.39. The second-order valence-corrected chi connectivity index (χ2v) is 4.57. The highest BCUT2D eigenvalue weighted by Crippen LogP contribution is 2.28. The summed E-state index contributed by atoms with van der Waals surface area (Å²) in [4.78, 5) is 22.5. The molecule has 0 spiro atoms. The quantitative estimate of drug-likeness (QED) is 0.712. The number of hydrogen-bond donors (Lipinski definition) is 2. The van der Waals surface area contributed by atoms with Crippen molar-refractivity contribution in [2.45, 2.75) is 13.0 Å². The lowest BCUT2D eigenvalue weighted by molar-refractivity contribution is -0.148. The van der Waals surface area contributed by atoms with Gasteiger partial charge < -0.3 is 24.6 Å². The monoisotopic (exact) mass is 323 g/mol. The number of allylic oxidation sites excluding steroid dienone is 1. The molecule has 0 fully saturated rings. The van der Waals surface area contributed by atoms with Crippen LogP contribution >= 0.6 is 0 Å². The van der Waals surface area contributed by atoms with Crippen molar-refractivity contribution in [1.82, 2.24) is 5.32 Å². The number of amides is 1. The third-order valence-electron chi connectivity index (χ3n) is 2.95. The van der Waals surface area contributed by atoms with Crippen LogP contribution in [0.25, 0.3) is 6.08 Å². The molecule has 0 saturated carbocycles. The number of carbonyl (C=O) groups is 2. The van der Waals surface area contributed by atoms with E-state index < -0.39 is 18.0 Å². The molecule has 7 nitrogen and oxygen atoms in total. The molecule has 0 radical (unpaired) electrons. The Morgan fingerprint density at radius 2 is 2.04 bits per heavy atom. The normalized spacial score (nSPS) is 12.0. The number of carboxylic acids is 1. The van der Waals surface area contributed by atoms with Gasteiger partial charge in [0.15, 0.2) is 24.2 Å². The molecule has 1 atom stereocenters. The summed E-state index contributed by atoms with van der Waals surface area (Å²) in [6.45, 7) is 1.52. The molecule has 0 aliphatic rings. The Labute approximate surface area is 134 Å². The molecule has 126 valence electrons. The van der Waals surface area contributed by atoms with Gasteiger partial charge in [-0.3, -0.25) is 4.79 Å². The van der Waals surface area contributed by atoms with Gasteiger partial charge in [0.25, 0.3) is 5.91 Å². The average molecular weight is 323 g/mol. The minimum absolute atomic E-state index is 0.134. The lowest BCUT2D eigenvalue weighted by Gasteiger charge is -2.13. The first-order chi connectivity index (χ1) is 11.0. The predicted octanol–water partition coefficient (Wildman–Crippen LogP) is 1.32. The summed E-state index contributed by atoms with van der Waals surface area (Å²) in [7, 11) is 2.77. The van der Waals surface area contributed by atoms with Crippen molar-refractivity contribution in [2.75, 3.05) is 27.4 Å². The summed E-state index contributed by atoms with van der Waals surface area (Å²) in [6.07, 6.45) is 2.72. The minimum Gasteiger partial charge on any atom is -0.493 e. The van der Waals surface area contributed by atoms with E-state index in [2.05, 4.69) is 5.32 Å². The minimum atomic E-state index is -1.14. The standard InChI is InChI=1S/C16H21NO6/c1-4-5-11-6-7-12(13(8-11)21-2)23-10-15(18)17-9-14(22-3)16(19)20/h4-8,14H,9-10H2,1-3H3,(H,17,18)(H,19,20)/b5-4+. The SMILES string of the molecule is C/C=C/c1ccc(OCC(=O)NCC(OC)C(=O)O)c(OC)c1. The summed E-state index contributed by atoms with van der Waals surface area (Å²) in [5.74, 6) is -0.658. The van der Waals surface area contributed by atoms with Crippen LogP contribution in [0.3, 0.4) is 0 Å². The number of nitrogens with one attached hydrogen (secondary N) is 1. The van der Waals surface area contributed by atoms with Crippen LogP contribution in [0.2, 0.25) is 0 Å². The fourth-order valence-corrected chi connectivity index (χ4v) is 1.77. The first-order valence-corrected chi connectivity index (χ1v) is 6.97. The topological polar surface area (TPSA) is 94.1 Å². The highest BCUT2D eigenvalue weighted by molar-refractivity contribution is 5.79.